The van der Waals surface area contributed by atoms with Gasteiger partial charge in [-0.3, -0.25) is 4.79 Å². The van der Waals surface area contributed by atoms with E-state index in [0.29, 0.717) is 58.7 Å². The summed E-state index contributed by atoms with van der Waals surface area (Å²) in [6.45, 7) is 29.3. The minimum atomic E-state index is -2.88. The molecule has 0 bridgehead atoms. The van der Waals surface area contributed by atoms with Gasteiger partial charge in [-0.2, -0.15) is 0 Å². The topological polar surface area (TPSA) is 92.7 Å². The van der Waals surface area contributed by atoms with Gasteiger partial charge in [0, 0.05) is 32.2 Å². The number of carbonyl (C=O) groups is 1. The van der Waals surface area contributed by atoms with Gasteiger partial charge in [0.2, 0.25) is 0 Å². The zero-order valence-corrected chi connectivity index (χ0v) is 44.3. The Morgan fingerprint density at radius 1 is 0.587 bits per heavy atom. The Hall–Kier alpha value is -2.30. The van der Waals surface area contributed by atoms with Crippen LogP contribution in [0.4, 0.5) is 0 Å². The first-order valence-electron chi connectivity index (χ1n) is 24.0. The maximum Gasteiger partial charge on any atom is 0.343 e. The predicted molar refractivity (Wildman–Crippen MR) is 267 cm³/mol. The number of ketones is 1. The molecule has 0 spiro atoms. The Bertz CT molecular complexity index is 1650. The quantitative estimate of drug-likeness (QED) is 0.0489. The fourth-order valence-corrected chi connectivity index (χ4v) is 16.2. The molecule has 0 aliphatic heterocycles. The molecule has 0 fully saturated rings. The molecule has 3 aromatic carbocycles. The summed E-state index contributed by atoms with van der Waals surface area (Å²) in [7, 11) is -7.21. The second-order valence-electron chi connectivity index (χ2n) is 19.8. The van der Waals surface area contributed by atoms with E-state index in [2.05, 4.69) is 119 Å². The Morgan fingerprint density at radius 3 is 1.43 bits per heavy atom. The minimum absolute atomic E-state index is 0.00842. The molecule has 1 N–H and O–H groups in total. The average molecular weight is 924 g/mol. The summed E-state index contributed by atoms with van der Waals surface area (Å²) < 4.78 is 40.9. The average Bonchev–Trinajstić information content (AvgIpc) is 3.24. The molecular formula is C52H86O8Si3. The van der Waals surface area contributed by atoms with Crippen molar-refractivity contribution in [2.24, 2.45) is 0 Å². The highest BCUT2D eigenvalue weighted by Gasteiger charge is 2.48. The number of benzene rings is 3. The molecule has 63 heavy (non-hydrogen) atoms. The minimum Gasteiger partial charge on any atom is -0.414 e. The number of rotatable bonds is 32. The lowest BCUT2D eigenvalue weighted by molar-refractivity contribution is -0.123. The van der Waals surface area contributed by atoms with Gasteiger partial charge in [-0.1, -0.05) is 160 Å². The highest BCUT2D eigenvalue weighted by atomic mass is 28.4. The van der Waals surface area contributed by atoms with Crippen LogP contribution < -0.4 is 0 Å². The standard InChI is InChI=1S/C52H86O8Si3/c1-13-62(14-2,15-3)59-49(31-33-55-39-44-25-19-16-20-26-44)36-47(53)35-48(54)37-51(58-61(11,12)52(8,9)10)38-50(32-34-56-40-45-27-21-17-22-28-45)60-63(42(4)5,43(6)7)57-41-46-29-23-18-24-30-46/h16-30,42-43,47,49-51,53H,13-15,31-41H2,1-12H3/t47-,49-,50+,51-/m1/s1. The fraction of sp³-hybridized carbons (Fsp3) is 0.635. The van der Waals surface area contributed by atoms with E-state index in [1.54, 1.807) is 0 Å². The lowest BCUT2D eigenvalue weighted by Gasteiger charge is -2.43. The molecule has 3 aromatic rings. The maximum atomic E-state index is 14.2. The van der Waals surface area contributed by atoms with Gasteiger partial charge in [0.25, 0.3) is 0 Å². The molecule has 0 saturated carbocycles. The van der Waals surface area contributed by atoms with E-state index in [4.69, 9.17) is 27.2 Å². The van der Waals surface area contributed by atoms with E-state index in [-0.39, 0.29) is 47.0 Å². The van der Waals surface area contributed by atoms with Crippen LogP contribution in [-0.4, -0.2) is 73.7 Å². The van der Waals surface area contributed by atoms with Crippen LogP contribution in [0.25, 0.3) is 0 Å². The summed E-state index contributed by atoms with van der Waals surface area (Å²) in [6, 6.07) is 33.8. The maximum absolute atomic E-state index is 14.2. The monoisotopic (exact) mass is 923 g/mol. The van der Waals surface area contributed by atoms with Crippen molar-refractivity contribution in [1.29, 1.82) is 0 Å². The number of hydrogen-bond donors (Lipinski definition) is 1. The van der Waals surface area contributed by atoms with E-state index in [1.807, 2.05) is 54.6 Å². The third kappa shape index (κ3) is 18.8. The first-order chi connectivity index (χ1) is 29.9. The highest BCUT2D eigenvalue weighted by molar-refractivity contribution is 6.74. The highest BCUT2D eigenvalue weighted by Crippen LogP contribution is 2.41. The summed E-state index contributed by atoms with van der Waals surface area (Å²) in [5.74, 6) is -0.00842. The molecule has 0 saturated heterocycles. The molecule has 0 aliphatic carbocycles. The molecule has 354 valence electrons. The van der Waals surface area contributed by atoms with Gasteiger partial charge in [0.05, 0.1) is 38.1 Å². The number of aliphatic hydroxyl groups excluding tert-OH is 1. The fourth-order valence-electron chi connectivity index (χ4n) is 8.15. The van der Waals surface area contributed by atoms with E-state index >= 15 is 0 Å². The Morgan fingerprint density at radius 2 is 1.02 bits per heavy atom. The van der Waals surface area contributed by atoms with Crippen LogP contribution in [0.5, 0.6) is 0 Å². The molecule has 0 amide bonds. The molecule has 0 unspecified atom stereocenters. The first-order valence-corrected chi connectivity index (χ1v) is 31.4. The van der Waals surface area contributed by atoms with E-state index in [1.165, 1.54) is 0 Å². The molecule has 8 nitrogen and oxygen atoms in total. The van der Waals surface area contributed by atoms with Crippen LogP contribution in [0.15, 0.2) is 91.0 Å². The number of aliphatic hydroxyl groups is 1. The smallest absolute Gasteiger partial charge is 0.343 e. The third-order valence-electron chi connectivity index (χ3n) is 13.3. The third-order valence-corrected chi connectivity index (χ3v) is 27.0. The van der Waals surface area contributed by atoms with Crippen LogP contribution >= 0.6 is 0 Å². The SMILES string of the molecule is CC[Si](CC)(CC)O[C@H](CCOCc1ccccc1)C[C@H](O)CC(=O)C[C@H](C[C@H](CCOCc1ccccc1)O[Si](OCc1ccccc1)(C(C)C)C(C)C)O[Si](C)(C)C(C)(C)C. The van der Waals surface area contributed by atoms with Gasteiger partial charge in [-0.05, 0) is 89.7 Å². The number of hydrogen-bond acceptors (Lipinski definition) is 8. The normalized spacial score (nSPS) is 14.8. The van der Waals surface area contributed by atoms with Gasteiger partial charge in [-0.15, -0.1) is 0 Å². The Balaban J connectivity index is 1.86. The number of ether oxygens (including phenoxy) is 2. The van der Waals surface area contributed by atoms with Gasteiger partial charge in [0.15, 0.2) is 16.6 Å². The Kier molecular flexibility index (Phi) is 23.9. The largest absolute Gasteiger partial charge is 0.414 e. The summed E-state index contributed by atoms with van der Waals surface area (Å²) in [6.07, 6.45) is 0.749. The van der Waals surface area contributed by atoms with Gasteiger partial charge >= 0.3 is 8.56 Å². The molecule has 4 atom stereocenters. The first kappa shape index (κ1) is 55.0. The van der Waals surface area contributed by atoms with E-state index < -0.39 is 37.4 Å². The summed E-state index contributed by atoms with van der Waals surface area (Å²) in [4.78, 5) is 14.2. The second-order valence-corrected chi connectivity index (χ2v) is 33.5. The molecule has 3 rings (SSSR count). The van der Waals surface area contributed by atoms with Gasteiger partial charge in [-0.25, -0.2) is 0 Å². The summed E-state index contributed by atoms with van der Waals surface area (Å²) in [5, 5.41) is 11.6. The zero-order valence-electron chi connectivity index (χ0n) is 41.3. The molecule has 0 aliphatic rings. The van der Waals surface area contributed by atoms with Crippen LogP contribution in [0.2, 0.25) is 47.3 Å². The molecular weight excluding hydrogens is 837 g/mol. The van der Waals surface area contributed by atoms with Gasteiger partial charge in [0.1, 0.15) is 5.78 Å². The second kappa shape index (κ2) is 27.4. The molecule has 0 heterocycles. The van der Waals surface area contributed by atoms with Crippen molar-refractivity contribution in [2.45, 2.75) is 199 Å². The lowest BCUT2D eigenvalue weighted by atomic mass is 9.99. The lowest BCUT2D eigenvalue weighted by Crippen LogP contribution is -2.52. The van der Waals surface area contributed by atoms with Crippen molar-refractivity contribution in [3.63, 3.8) is 0 Å². The zero-order chi connectivity index (χ0) is 46.5. The number of Topliss-reactive ketones (excluding diaryl/α,β-unsaturated/α-hetero) is 1. The van der Waals surface area contributed by atoms with Crippen LogP contribution in [-0.2, 0) is 51.8 Å². The van der Waals surface area contributed by atoms with E-state index in [0.717, 1.165) is 34.8 Å². The summed E-state index contributed by atoms with van der Waals surface area (Å²) >= 11 is 0. The van der Waals surface area contributed by atoms with Crippen molar-refractivity contribution in [2.75, 3.05) is 13.2 Å². The van der Waals surface area contributed by atoms with Crippen LogP contribution in [0.3, 0.4) is 0 Å². The molecule has 11 heteroatoms. The molecule has 0 radical (unpaired) electrons. The molecule has 0 aromatic heterocycles. The van der Waals surface area contributed by atoms with Crippen molar-refractivity contribution in [1.82, 2.24) is 0 Å². The predicted octanol–water partition coefficient (Wildman–Crippen LogP) is 13.3. The van der Waals surface area contributed by atoms with Crippen molar-refractivity contribution < 1.29 is 37.1 Å². The van der Waals surface area contributed by atoms with Crippen LogP contribution in [0.1, 0.15) is 124 Å². The van der Waals surface area contributed by atoms with E-state index in [9.17, 15) is 9.90 Å². The number of carbonyl (C=O) groups excluding carboxylic acids is 1. The Labute approximate surface area is 386 Å². The summed E-state index contributed by atoms with van der Waals surface area (Å²) in [5.41, 5.74) is 3.70. The van der Waals surface area contributed by atoms with Crippen LogP contribution in [0, 0.1) is 0 Å². The van der Waals surface area contributed by atoms with Gasteiger partial charge < -0.3 is 32.3 Å². The van der Waals surface area contributed by atoms with Crippen molar-refractivity contribution >= 4 is 31.0 Å². The van der Waals surface area contributed by atoms with Crippen molar-refractivity contribution in [3.8, 4) is 0 Å². The van der Waals surface area contributed by atoms with Crippen molar-refractivity contribution in [3.05, 3.63) is 108 Å².